The van der Waals surface area contributed by atoms with Crippen LogP contribution in [0.2, 0.25) is 0 Å². The van der Waals surface area contributed by atoms with Crippen molar-refractivity contribution in [1.29, 1.82) is 0 Å². The van der Waals surface area contributed by atoms with Gasteiger partial charge < -0.3 is 4.42 Å². The van der Waals surface area contributed by atoms with Gasteiger partial charge in [-0.1, -0.05) is 49.2 Å². The average Bonchev–Trinajstić information content (AvgIpc) is 3.48. The maximum atomic E-state index is 6.23. The molecule has 0 saturated heterocycles. The molecular weight excluding hydrogens is 392 g/mol. The minimum atomic E-state index is 0.691. The molecule has 1 aliphatic carbocycles. The Kier molecular flexibility index (Phi) is 4.57. The van der Waals surface area contributed by atoms with Gasteiger partial charge in [0.05, 0.1) is 5.56 Å². The van der Waals surface area contributed by atoms with Gasteiger partial charge in [0.15, 0.2) is 11.8 Å². The summed E-state index contributed by atoms with van der Waals surface area (Å²) in [4.78, 5) is 4.42. The molecule has 0 bridgehead atoms. The summed E-state index contributed by atoms with van der Waals surface area (Å²) in [7, 11) is 2.12. The Bertz CT molecular complexity index is 1440. The fraction of sp³-hybridized carbons (Fsp3) is 0.241. The van der Waals surface area contributed by atoms with Gasteiger partial charge in [0.2, 0.25) is 11.4 Å². The van der Waals surface area contributed by atoms with Crippen molar-refractivity contribution in [3.8, 4) is 22.4 Å². The summed E-state index contributed by atoms with van der Waals surface area (Å²) < 4.78 is 8.44. The molecular formula is C29H27N2O+. The van der Waals surface area contributed by atoms with E-state index in [2.05, 4.69) is 84.3 Å². The maximum absolute atomic E-state index is 6.23. The van der Waals surface area contributed by atoms with Gasteiger partial charge in [-0.05, 0) is 60.6 Å². The molecule has 5 aromatic rings. The molecule has 1 saturated carbocycles. The van der Waals surface area contributed by atoms with Crippen molar-refractivity contribution in [2.24, 2.45) is 7.05 Å². The quantitative estimate of drug-likeness (QED) is 0.292. The van der Waals surface area contributed by atoms with Crippen molar-refractivity contribution in [1.82, 2.24) is 4.98 Å². The van der Waals surface area contributed by atoms with E-state index < -0.39 is 0 Å². The highest BCUT2D eigenvalue weighted by Gasteiger charge is 2.22. The zero-order valence-electron chi connectivity index (χ0n) is 18.6. The standard InChI is InChI=1S/C29H27N2O/c1-19-9-15-24-25-8-5-17-30-29(25)32-28(24)27(19)26-16-14-23(18-31(26)2)22-12-10-21(11-13-22)20-6-3-4-7-20/h5,8-18,20H,3-4,6-7H2,1-2H3/q+1. The van der Waals surface area contributed by atoms with Crippen LogP contribution < -0.4 is 4.57 Å². The van der Waals surface area contributed by atoms with Crippen LogP contribution >= 0.6 is 0 Å². The first-order valence-corrected chi connectivity index (χ1v) is 11.6. The lowest BCUT2D eigenvalue weighted by Crippen LogP contribution is -2.31. The van der Waals surface area contributed by atoms with Crippen LogP contribution in [0, 0.1) is 6.92 Å². The van der Waals surface area contributed by atoms with Crippen LogP contribution in [0.4, 0.5) is 0 Å². The number of aromatic nitrogens is 2. The number of hydrogen-bond acceptors (Lipinski definition) is 2. The molecule has 158 valence electrons. The molecule has 3 nitrogen and oxygen atoms in total. The minimum Gasteiger partial charge on any atom is -0.437 e. The fourth-order valence-electron chi connectivity index (χ4n) is 5.34. The average molecular weight is 420 g/mol. The minimum absolute atomic E-state index is 0.691. The van der Waals surface area contributed by atoms with E-state index in [4.69, 9.17) is 4.42 Å². The summed E-state index contributed by atoms with van der Waals surface area (Å²) in [5, 5.41) is 2.17. The van der Waals surface area contributed by atoms with Gasteiger partial charge in [-0.15, -0.1) is 0 Å². The van der Waals surface area contributed by atoms with E-state index in [1.165, 1.54) is 47.9 Å². The fourth-order valence-corrected chi connectivity index (χ4v) is 5.34. The molecule has 3 heterocycles. The lowest BCUT2D eigenvalue weighted by Gasteiger charge is -2.10. The van der Waals surface area contributed by atoms with Crippen LogP contribution in [0.15, 0.2) is 77.5 Å². The van der Waals surface area contributed by atoms with Gasteiger partial charge in [0.1, 0.15) is 7.05 Å². The van der Waals surface area contributed by atoms with Gasteiger partial charge in [0.25, 0.3) is 0 Å². The summed E-state index contributed by atoms with van der Waals surface area (Å²) in [6.45, 7) is 2.14. The number of nitrogens with zero attached hydrogens (tertiary/aromatic N) is 2. The van der Waals surface area contributed by atoms with Crippen molar-refractivity contribution < 1.29 is 8.98 Å². The highest BCUT2D eigenvalue weighted by molar-refractivity contribution is 6.08. The summed E-state index contributed by atoms with van der Waals surface area (Å²) >= 11 is 0. The van der Waals surface area contributed by atoms with Crippen LogP contribution in [0.1, 0.15) is 42.7 Å². The number of fused-ring (bicyclic) bond motifs is 3. The van der Waals surface area contributed by atoms with Gasteiger partial charge in [-0.25, -0.2) is 9.55 Å². The molecule has 0 atom stereocenters. The molecule has 0 aliphatic heterocycles. The second kappa shape index (κ2) is 7.59. The van der Waals surface area contributed by atoms with E-state index in [9.17, 15) is 0 Å². The molecule has 3 heteroatoms. The molecule has 32 heavy (non-hydrogen) atoms. The van der Waals surface area contributed by atoms with Gasteiger partial charge in [-0.2, -0.15) is 0 Å². The monoisotopic (exact) mass is 419 g/mol. The molecule has 0 N–H and O–H groups in total. The van der Waals surface area contributed by atoms with Crippen molar-refractivity contribution >= 4 is 22.1 Å². The molecule has 6 rings (SSSR count). The SMILES string of the molecule is Cc1ccc2c(oc3ncccc32)c1-c1ccc(-c2ccc(C3CCCC3)cc2)c[n+]1C. The molecule has 0 radical (unpaired) electrons. The molecule has 1 aliphatic rings. The van der Waals surface area contributed by atoms with E-state index in [-0.39, 0.29) is 0 Å². The number of aryl methyl sites for hydroxylation is 2. The van der Waals surface area contributed by atoms with Crippen LogP contribution in [-0.2, 0) is 7.05 Å². The number of pyridine rings is 2. The predicted molar refractivity (Wildman–Crippen MR) is 130 cm³/mol. The molecule has 0 unspecified atom stereocenters. The van der Waals surface area contributed by atoms with Crippen molar-refractivity contribution in [2.75, 3.05) is 0 Å². The van der Waals surface area contributed by atoms with E-state index in [1.807, 2.05) is 6.07 Å². The molecule has 1 fully saturated rings. The van der Waals surface area contributed by atoms with Crippen LogP contribution in [0.25, 0.3) is 44.5 Å². The smallest absolute Gasteiger partial charge is 0.227 e. The van der Waals surface area contributed by atoms with E-state index in [0.717, 1.165) is 33.5 Å². The van der Waals surface area contributed by atoms with Gasteiger partial charge >= 0.3 is 0 Å². The Labute approximate surface area is 188 Å². The Morgan fingerprint density at radius 1 is 0.875 bits per heavy atom. The van der Waals surface area contributed by atoms with E-state index >= 15 is 0 Å². The number of hydrogen-bond donors (Lipinski definition) is 0. The predicted octanol–water partition coefficient (Wildman–Crippen LogP) is 7.11. The topological polar surface area (TPSA) is 29.9 Å². The lowest BCUT2D eigenvalue weighted by molar-refractivity contribution is -0.659. The summed E-state index contributed by atoms with van der Waals surface area (Å²) in [6.07, 6.45) is 9.42. The lowest BCUT2D eigenvalue weighted by atomic mass is 9.95. The van der Waals surface area contributed by atoms with E-state index in [1.54, 1.807) is 6.20 Å². The van der Waals surface area contributed by atoms with E-state index in [0.29, 0.717) is 5.71 Å². The maximum Gasteiger partial charge on any atom is 0.227 e. The first-order chi connectivity index (χ1) is 15.7. The Morgan fingerprint density at radius 2 is 1.66 bits per heavy atom. The molecule has 0 spiro atoms. The largest absolute Gasteiger partial charge is 0.437 e. The van der Waals surface area contributed by atoms with Crippen molar-refractivity contribution in [3.05, 3.63) is 84.2 Å². The third-order valence-electron chi connectivity index (χ3n) is 7.09. The first-order valence-electron chi connectivity index (χ1n) is 11.6. The highest BCUT2D eigenvalue weighted by atomic mass is 16.3. The molecule has 0 amide bonds. The first kappa shape index (κ1) is 19.2. The Balaban J connectivity index is 1.42. The molecule has 3 aromatic heterocycles. The van der Waals surface area contributed by atoms with Gasteiger partial charge in [-0.3, -0.25) is 0 Å². The number of benzene rings is 2. The highest BCUT2D eigenvalue weighted by Crippen LogP contribution is 2.37. The zero-order valence-corrected chi connectivity index (χ0v) is 18.6. The normalized spacial score (nSPS) is 14.6. The Morgan fingerprint density at radius 3 is 2.44 bits per heavy atom. The third kappa shape index (κ3) is 3.12. The second-order valence-electron chi connectivity index (χ2n) is 9.11. The summed E-state index contributed by atoms with van der Waals surface area (Å²) in [5.74, 6) is 0.754. The third-order valence-corrected chi connectivity index (χ3v) is 7.09. The van der Waals surface area contributed by atoms with Crippen LogP contribution in [0.5, 0.6) is 0 Å². The van der Waals surface area contributed by atoms with Gasteiger partial charge in [0, 0.05) is 28.6 Å². The summed E-state index contributed by atoms with van der Waals surface area (Å²) in [6, 6.07) is 22.0. The second-order valence-corrected chi connectivity index (χ2v) is 9.11. The Hall–Kier alpha value is -3.46. The number of rotatable bonds is 3. The summed E-state index contributed by atoms with van der Waals surface area (Å²) in [5.41, 5.74) is 9.04. The van der Waals surface area contributed by atoms with Crippen molar-refractivity contribution in [3.63, 3.8) is 0 Å². The van der Waals surface area contributed by atoms with Crippen LogP contribution in [0.3, 0.4) is 0 Å². The molecule has 2 aromatic carbocycles. The number of furan rings is 1. The zero-order chi connectivity index (χ0) is 21.7. The van der Waals surface area contributed by atoms with Crippen molar-refractivity contribution in [2.45, 2.75) is 38.5 Å². The van der Waals surface area contributed by atoms with Crippen LogP contribution in [-0.4, -0.2) is 4.98 Å².